The summed E-state index contributed by atoms with van der Waals surface area (Å²) in [6, 6.07) is 10.8. The number of rotatable bonds is 2. The average molecular weight is 274 g/mol. The van der Waals surface area contributed by atoms with Gasteiger partial charge < -0.3 is 5.11 Å². The summed E-state index contributed by atoms with van der Waals surface area (Å²) in [5.74, 6) is -1.92. The minimum Gasteiger partial charge on any atom is -0.382 e. The molecule has 0 spiro atoms. The summed E-state index contributed by atoms with van der Waals surface area (Å²) >= 11 is 0. The van der Waals surface area contributed by atoms with E-state index in [1.165, 1.54) is 6.07 Å². The van der Waals surface area contributed by atoms with Crippen molar-refractivity contribution in [2.75, 3.05) is 0 Å². The van der Waals surface area contributed by atoms with Gasteiger partial charge in [-0.2, -0.15) is 5.10 Å². The Hall–Kier alpha value is -2.27. The Balaban J connectivity index is 2.12. The summed E-state index contributed by atoms with van der Waals surface area (Å²) in [7, 11) is 1.77. The standard InChI is InChI=1S/C15H12F2N2O/c1-19-13-5-3-2-4-10(13)14(18-19)15(20)9-6-7-11(16)12(17)8-9/h2-8,15,20H,1H3. The highest BCUT2D eigenvalue weighted by molar-refractivity contribution is 5.82. The van der Waals surface area contributed by atoms with Gasteiger partial charge in [0.1, 0.15) is 11.8 Å². The SMILES string of the molecule is Cn1nc(C(O)c2ccc(F)c(F)c2)c2ccccc21. The molecule has 1 atom stereocenters. The molecule has 1 heterocycles. The zero-order valence-corrected chi connectivity index (χ0v) is 10.7. The quantitative estimate of drug-likeness (QED) is 0.780. The van der Waals surface area contributed by atoms with Gasteiger partial charge in [0.2, 0.25) is 0 Å². The topological polar surface area (TPSA) is 38.0 Å². The van der Waals surface area contributed by atoms with Gasteiger partial charge in [0, 0.05) is 12.4 Å². The molecule has 0 saturated heterocycles. The maximum atomic E-state index is 13.3. The van der Waals surface area contributed by atoms with Gasteiger partial charge in [-0.1, -0.05) is 24.3 Å². The third-order valence-corrected chi connectivity index (χ3v) is 3.30. The van der Waals surface area contributed by atoms with Crippen LogP contribution in [-0.2, 0) is 7.05 Å². The fourth-order valence-corrected chi connectivity index (χ4v) is 2.28. The van der Waals surface area contributed by atoms with Crippen molar-refractivity contribution in [3.8, 4) is 0 Å². The lowest BCUT2D eigenvalue weighted by Gasteiger charge is -2.09. The molecule has 0 fully saturated rings. The lowest BCUT2D eigenvalue weighted by Crippen LogP contribution is -2.03. The van der Waals surface area contributed by atoms with Crippen LogP contribution in [0.2, 0.25) is 0 Å². The monoisotopic (exact) mass is 274 g/mol. The fraction of sp³-hybridized carbons (Fsp3) is 0.133. The second kappa shape index (κ2) is 4.68. The van der Waals surface area contributed by atoms with Crippen molar-refractivity contribution in [3.05, 3.63) is 65.4 Å². The fourth-order valence-electron chi connectivity index (χ4n) is 2.28. The highest BCUT2D eigenvalue weighted by atomic mass is 19.2. The number of aryl methyl sites for hydroxylation is 1. The van der Waals surface area contributed by atoms with Crippen molar-refractivity contribution < 1.29 is 13.9 Å². The maximum absolute atomic E-state index is 13.3. The molecule has 2 aromatic carbocycles. The Kier molecular flexibility index (Phi) is 2.99. The summed E-state index contributed by atoms with van der Waals surface area (Å²) < 4.78 is 27.9. The number of benzene rings is 2. The van der Waals surface area contributed by atoms with Crippen molar-refractivity contribution in [2.24, 2.45) is 7.05 Å². The number of hydrogen-bond donors (Lipinski definition) is 1. The van der Waals surface area contributed by atoms with Gasteiger partial charge in [-0.15, -0.1) is 0 Å². The molecule has 1 N–H and O–H groups in total. The lowest BCUT2D eigenvalue weighted by atomic mass is 10.0. The van der Waals surface area contributed by atoms with Gasteiger partial charge in [-0.05, 0) is 23.8 Å². The largest absolute Gasteiger partial charge is 0.382 e. The molecular formula is C15H12F2N2O. The Morgan fingerprint density at radius 3 is 2.60 bits per heavy atom. The summed E-state index contributed by atoms with van der Waals surface area (Å²) in [4.78, 5) is 0. The molecule has 3 nitrogen and oxygen atoms in total. The smallest absolute Gasteiger partial charge is 0.159 e. The summed E-state index contributed by atoms with van der Waals surface area (Å²) in [5, 5.41) is 15.4. The van der Waals surface area contributed by atoms with Gasteiger partial charge in [-0.25, -0.2) is 8.78 Å². The Bertz CT molecular complexity index is 783. The molecule has 5 heteroatoms. The van der Waals surface area contributed by atoms with Crippen molar-refractivity contribution >= 4 is 10.9 Å². The van der Waals surface area contributed by atoms with Crippen LogP contribution in [0.4, 0.5) is 8.78 Å². The van der Waals surface area contributed by atoms with E-state index in [4.69, 9.17) is 0 Å². The van der Waals surface area contributed by atoms with Crippen LogP contribution in [0.15, 0.2) is 42.5 Å². The van der Waals surface area contributed by atoms with Crippen LogP contribution in [0.5, 0.6) is 0 Å². The minimum absolute atomic E-state index is 0.271. The van der Waals surface area contributed by atoms with Gasteiger partial charge >= 0.3 is 0 Å². The number of hydrogen-bond acceptors (Lipinski definition) is 2. The average Bonchev–Trinajstić information content (AvgIpc) is 2.79. The van der Waals surface area contributed by atoms with Crippen LogP contribution < -0.4 is 0 Å². The Morgan fingerprint density at radius 1 is 1.10 bits per heavy atom. The molecule has 3 aromatic rings. The third kappa shape index (κ3) is 1.96. The third-order valence-electron chi connectivity index (χ3n) is 3.30. The van der Waals surface area contributed by atoms with Gasteiger partial charge in [0.05, 0.1) is 5.52 Å². The number of aliphatic hydroxyl groups is 1. The molecule has 0 bridgehead atoms. The predicted molar refractivity (Wildman–Crippen MR) is 71.1 cm³/mol. The predicted octanol–water partition coefficient (Wildman–Crippen LogP) is 2.93. The zero-order valence-electron chi connectivity index (χ0n) is 10.7. The van der Waals surface area contributed by atoms with Crippen molar-refractivity contribution in [1.82, 2.24) is 9.78 Å². The van der Waals surface area contributed by atoms with Crippen LogP contribution in [0.25, 0.3) is 10.9 Å². The minimum atomic E-state index is -1.10. The van der Waals surface area contributed by atoms with E-state index in [1.54, 1.807) is 11.7 Å². The van der Waals surface area contributed by atoms with Gasteiger partial charge in [-0.3, -0.25) is 4.68 Å². The Morgan fingerprint density at radius 2 is 1.85 bits per heavy atom. The first-order chi connectivity index (χ1) is 9.58. The second-order valence-corrected chi connectivity index (χ2v) is 4.60. The second-order valence-electron chi connectivity index (χ2n) is 4.60. The first-order valence-corrected chi connectivity index (χ1v) is 6.12. The van der Waals surface area contributed by atoms with Crippen molar-refractivity contribution in [3.63, 3.8) is 0 Å². The molecule has 0 radical (unpaired) electrons. The number of halogens is 2. The van der Waals surface area contributed by atoms with Gasteiger partial charge in [0.15, 0.2) is 11.6 Å². The number of nitrogens with zero attached hydrogens (tertiary/aromatic N) is 2. The van der Waals surface area contributed by atoms with E-state index in [0.29, 0.717) is 5.69 Å². The van der Waals surface area contributed by atoms with Crippen LogP contribution in [0, 0.1) is 11.6 Å². The summed E-state index contributed by atoms with van der Waals surface area (Å²) in [6.07, 6.45) is -1.10. The van der Waals surface area contributed by atoms with E-state index < -0.39 is 17.7 Å². The Labute approximate surface area is 114 Å². The number of aromatic nitrogens is 2. The number of fused-ring (bicyclic) bond motifs is 1. The van der Waals surface area contributed by atoms with Crippen LogP contribution >= 0.6 is 0 Å². The lowest BCUT2D eigenvalue weighted by molar-refractivity contribution is 0.215. The molecule has 3 rings (SSSR count). The molecule has 0 aliphatic carbocycles. The molecule has 1 aromatic heterocycles. The normalized spacial score (nSPS) is 12.8. The molecule has 0 amide bonds. The van der Waals surface area contributed by atoms with E-state index >= 15 is 0 Å². The van der Waals surface area contributed by atoms with Crippen LogP contribution in [-0.4, -0.2) is 14.9 Å². The first-order valence-electron chi connectivity index (χ1n) is 6.12. The van der Waals surface area contributed by atoms with E-state index in [2.05, 4.69) is 5.10 Å². The summed E-state index contributed by atoms with van der Waals surface area (Å²) in [5.41, 5.74) is 1.56. The first kappa shape index (κ1) is 12.7. The molecule has 0 aliphatic heterocycles. The highest BCUT2D eigenvalue weighted by Gasteiger charge is 2.19. The maximum Gasteiger partial charge on any atom is 0.159 e. The highest BCUT2D eigenvalue weighted by Crippen LogP contribution is 2.28. The van der Waals surface area contributed by atoms with E-state index in [-0.39, 0.29) is 5.56 Å². The number of aliphatic hydroxyl groups excluding tert-OH is 1. The molecule has 102 valence electrons. The van der Waals surface area contributed by atoms with E-state index in [0.717, 1.165) is 23.0 Å². The summed E-state index contributed by atoms with van der Waals surface area (Å²) in [6.45, 7) is 0. The van der Waals surface area contributed by atoms with E-state index in [1.807, 2.05) is 24.3 Å². The van der Waals surface area contributed by atoms with Gasteiger partial charge in [0.25, 0.3) is 0 Å². The molecule has 0 aliphatic rings. The molecular weight excluding hydrogens is 262 g/mol. The van der Waals surface area contributed by atoms with E-state index in [9.17, 15) is 13.9 Å². The van der Waals surface area contributed by atoms with Crippen molar-refractivity contribution in [2.45, 2.75) is 6.10 Å². The van der Waals surface area contributed by atoms with Crippen LogP contribution in [0.1, 0.15) is 17.4 Å². The number of para-hydroxylation sites is 1. The zero-order chi connectivity index (χ0) is 14.3. The molecule has 20 heavy (non-hydrogen) atoms. The molecule has 1 unspecified atom stereocenters. The van der Waals surface area contributed by atoms with Crippen molar-refractivity contribution in [1.29, 1.82) is 0 Å². The molecule has 0 saturated carbocycles. The van der Waals surface area contributed by atoms with Crippen LogP contribution in [0.3, 0.4) is 0 Å².